The van der Waals surface area contributed by atoms with Crippen molar-refractivity contribution in [3.05, 3.63) is 29.3 Å². The molecule has 0 aliphatic carbocycles. The zero-order chi connectivity index (χ0) is 11.8. The monoisotopic (exact) mass is 227 g/mol. The number of halogens is 2. The SMILES string of the molecule is Cc1cc(F)c(NCC2(C)COC2)cc1F. The molecule has 16 heavy (non-hydrogen) atoms. The Labute approximate surface area is 93.6 Å². The molecule has 1 aromatic carbocycles. The van der Waals surface area contributed by atoms with E-state index in [0.717, 1.165) is 0 Å². The van der Waals surface area contributed by atoms with Gasteiger partial charge in [-0.05, 0) is 18.6 Å². The molecule has 0 radical (unpaired) electrons. The van der Waals surface area contributed by atoms with E-state index in [0.29, 0.717) is 25.3 Å². The van der Waals surface area contributed by atoms with Crippen molar-refractivity contribution in [2.75, 3.05) is 25.1 Å². The lowest BCUT2D eigenvalue weighted by Crippen LogP contribution is -2.45. The van der Waals surface area contributed by atoms with E-state index in [1.54, 1.807) is 6.92 Å². The summed E-state index contributed by atoms with van der Waals surface area (Å²) in [5.41, 5.74) is 0.575. The molecule has 0 bridgehead atoms. The molecule has 0 aromatic heterocycles. The molecule has 1 aromatic rings. The quantitative estimate of drug-likeness (QED) is 0.857. The van der Waals surface area contributed by atoms with Gasteiger partial charge < -0.3 is 10.1 Å². The lowest BCUT2D eigenvalue weighted by molar-refractivity contribution is -0.0924. The van der Waals surface area contributed by atoms with E-state index >= 15 is 0 Å². The molecule has 0 unspecified atom stereocenters. The number of anilines is 1. The van der Waals surface area contributed by atoms with Crippen LogP contribution in [0.5, 0.6) is 0 Å². The van der Waals surface area contributed by atoms with Gasteiger partial charge in [-0.2, -0.15) is 0 Å². The summed E-state index contributed by atoms with van der Waals surface area (Å²) in [5.74, 6) is -0.804. The highest BCUT2D eigenvalue weighted by atomic mass is 19.1. The molecule has 0 atom stereocenters. The van der Waals surface area contributed by atoms with E-state index < -0.39 is 5.82 Å². The average Bonchev–Trinajstić information content (AvgIpc) is 2.19. The minimum atomic E-state index is -0.414. The van der Waals surface area contributed by atoms with Crippen LogP contribution in [-0.4, -0.2) is 19.8 Å². The van der Waals surface area contributed by atoms with Crippen molar-refractivity contribution in [3.63, 3.8) is 0 Å². The third-order valence-corrected chi connectivity index (χ3v) is 2.85. The maximum atomic E-state index is 13.5. The molecule has 1 aliphatic rings. The maximum absolute atomic E-state index is 13.5. The summed E-state index contributed by atoms with van der Waals surface area (Å²) in [6.07, 6.45) is 0. The van der Waals surface area contributed by atoms with Crippen molar-refractivity contribution >= 4 is 5.69 Å². The fraction of sp³-hybridized carbons (Fsp3) is 0.500. The normalized spacial score (nSPS) is 18.0. The zero-order valence-electron chi connectivity index (χ0n) is 9.44. The summed E-state index contributed by atoms with van der Waals surface area (Å²) in [6, 6.07) is 2.41. The van der Waals surface area contributed by atoms with Gasteiger partial charge in [0.05, 0.1) is 18.9 Å². The van der Waals surface area contributed by atoms with Crippen LogP contribution in [0.2, 0.25) is 0 Å². The van der Waals surface area contributed by atoms with E-state index in [1.165, 1.54) is 12.1 Å². The Morgan fingerprint density at radius 2 is 2.00 bits per heavy atom. The fourth-order valence-corrected chi connectivity index (χ4v) is 1.64. The molecule has 1 heterocycles. The standard InChI is InChI=1S/C12H15F2NO/c1-8-3-10(14)11(4-9(8)13)15-5-12(2)6-16-7-12/h3-4,15H,5-7H2,1-2H3. The van der Waals surface area contributed by atoms with E-state index in [-0.39, 0.29) is 16.9 Å². The number of benzene rings is 1. The average molecular weight is 227 g/mol. The van der Waals surface area contributed by atoms with Gasteiger partial charge in [0.15, 0.2) is 0 Å². The first-order chi connectivity index (χ1) is 7.50. The predicted molar refractivity (Wildman–Crippen MR) is 58.5 cm³/mol. The van der Waals surface area contributed by atoms with Gasteiger partial charge in [-0.25, -0.2) is 8.78 Å². The van der Waals surface area contributed by atoms with Crippen LogP contribution in [0.4, 0.5) is 14.5 Å². The Kier molecular flexibility index (Phi) is 2.84. The maximum Gasteiger partial charge on any atom is 0.146 e. The third kappa shape index (κ3) is 2.16. The Hall–Kier alpha value is -1.16. The summed E-state index contributed by atoms with van der Waals surface area (Å²) in [6.45, 7) is 5.51. The molecule has 88 valence electrons. The van der Waals surface area contributed by atoms with Crippen LogP contribution in [0.1, 0.15) is 12.5 Å². The van der Waals surface area contributed by atoms with Gasteiger partial charge in [-0.1, -0.05) is 6.92 Å². The Balaban J connectivity index is 2.06. The molecule has 1 aliphatic heterocycles. The van der Waals surface area contributed by atoms with Crippen LogP contribution >= 0.6 is 0 Å². The third-order valence-electron chi connectivity index (χ3n) is 2.85. The summed E-state index contributed by atoms with van der Waals surface area (Å²) in [4.78, 5) is 0. The van der Waals surface area contributed by atoms with Crippen molar-refractivity contribution in [2.45, 2.75) is 13.8 Å². The largest absolute Gasteiger partial charge is 0.382 e. The van der Waals surface area contributed by atoms with Crippen LogP contribution < -0.4 is 5.32 Å². The first-order valence-corrected chi connectivity index (χ1v) is 5.27. The minimum absolute atomic E-state index is 0.0355. The highest BCUT2D eigenvalue weighted by Crippen LogP contribution is 2.27. The van der Waals surface area contributed by atoms with Gasteiger partial charge in [-0.15, -0.1) is 0 Å². The first kappa shape index (κ1) is 11.3. The summed E-state index contributed by atoms with van der Waals surface area (Å²) < 4.78 is 31.8. The molecular weight excluding hydrogens is 212 g/mol. The predicted octanol–water partition coefficient (Wildman–Crippen LogP) is 2.72. The lowest BCUT2D eigenvalue weighted by Gasteiger charge is -2.38. The van der Waals surface area contributed by atoms with Crippen molar-refractivity contribution in [1.82, 2.24) is 0 Å². The smallest absolute Gasteiger partial charge is 0.146 e. The van der Waals surface area contributed by atoms with Crippen molar-refractivity contribution in [2.24, 2.45) is 5.41 Å². The number of ether oxygens (including phenoxy) is 1. The summed E-state index contributed by atoms with van der Waals surface area (Å²) >= 11 is 0. The van der Waals surface area contributed by atoms with Gasteiger partial charge >= 0.3 is 0 Å². The summed E-state index contributed by atoms with van der Waals surface area (Å²) in [7, 11) is 0. The fourth-order valence-electron chi connectivity index (χ4n) is 1.64. The molecule has 0 spiro atoms. The van der Waals surface area contributed by atoms with Crippen molar-refractivity contribution in [3.8, 4) is 0 Å². The molecule has 4 heteroatoms. The second-order valence-electron chi connectivity index (χ2n) is 4.74. The molecule has 1 N–H and O–H groups in total. The second-order valence-corrected chi connectivity index (χ2v) is 4.74. The molecule has 0 saturated carbocycles. The molecule has 0 amide bonds. The van der Waals surface area contributed by atoms with Gasteiger partial charge in [0.2, 0.25) is 0 Å². The van der Waals surface area contributed by atoms with Crippen molar-refractivity contribution in [1.29, 1.82) is 0 Å². The van der Waals surface area contributed by atoms with Crippen LogP contribution in [-0.2, 0) is 4.74 Å². The molecule has 2 rings (SSSR count). The number of hydrogen-bond acceptors (Lipinski definition) is 2. The number of hydrogen-bond donors (Lipinski definition) is 1. The van der Waals surface area contributed by atoms with Gasteiger partial charge in [0, 0.05) is 18.0 Å². The topological polar surface area (TPSA) is 21.3 Å². The molecule has 1 fully saturated rings. The van der Waals surface area contributed by atoms with E-state index in [1.807, 2.05) is 6.92 Å². The van der Waals surface area contributed by atoms with E-state index in [4.69, 9.17) is 4.74 Å². The molecular formula is C12H15F2NO. The Bertz CT molecular complexity index is 402. The van der Waals surface area contributed by atoms with Gasteiger partial charge in [0.25, 0.3) is 0 Å². The van der Waals surface area contributed by atoms with Crippen LogP contribution in [0, 0.1) is 24.0 Å². The van der Waals surface area contributed by atoms with Crippen LogP contribution in [0.25, 0.3) is 0 Å². The summed E-state index contributed by atoms with van der Waals surface area (Å²) in [5, 5.41) is 2.93. The first-order valence-electron chi connectivity index (χ1n) is 5.27. The van der Waals surface area contributed by atoms with Crippen LogP contribution in [0.3, 0.4) is 0 Å². The van der Waals surface area contributed by atoms with Crippen LogP contribution in [0.15, 0.2) is 12.1 Å². The lowest BCUT2D eigenvalue weighted by atomic mass is 9.88. The van der Waals surface area contributed by atoms with E-state index in [9.17, 15) is 8.78 Å². The highest BCUT2D eigenvalue weighted by Gasteiger charge is 2.33. The molecule has 1 saturated heterocycles. The Morgan fingerprint density at radius 3 is 2.56 bits per heavy atom. The number of nitrogens with one attached hydrogen (secondary N) is 1. The Morgan fingerprint density at radius 1 is 1.31 bits per heavy atom. The highest BCUT2D eigenvalue weighted by molar-refractivity contribution is 5.47. The minimum Gasteiger partial charge on any atom is -0.382 e. The van der Waals surface area contributed by atoms with Gasteiger partial charge in [-0.3, -0.25) is 0 Å². The number of rotatable bonds is 3. The second kappa shape index (κ2) is 4.01. The van der Waals surface area contributed by atoms with E-state index in [2.05, 4.69) is 5.32 Å². The molecule has 2 nitrogen and oxygen atoms in total. The van der Waals surface area contributed by atoms with Crippen molar-refractivity contribution < 1.29 is 13.5 Å². The number of aryl methyl sites for hydroxylation is 1. The zero-order valence-corrected chi connectivity index (χ0v) is 9.44. The van der Waals surface area contributed by atoms with Gasteiger partial charge in [0.1, 0.15) is 11.6 Å².